The Hall–Kier alpha value is -1.68. The van der Waals surface area contributed by atoms with Gasteiger partial charge in [-0.15, -0.1) is 0 Å². The normalized spacial score (nSPS) is 10.4. The van der Waals surface area contributed by atoms with Crippen LogP contribution in [-0.4, -0.2) is 11.1 Å². The van der Waals surface area contributed by atoms with E-state index in [1.54, 1.807) is 25.1 Å². The second-order valence-corrected chi connectivity index (χ2v) is 4.87. The number of hydrogen-bond donors (Lipinski definition) is 1. The highest BCUT2D eigenvalue weighted by atomic mass is 79.9. The van der Waals surface area contributed by atoms with Gasteiger partial charge in [0.15, 0.2) is 0 Å². The van der Waals surface area contributed by atoms with Crippen LogP contribution in [0, 0.1) is 12.7 Å². The van der Waals surface area contributed by atoms with Crippen LogP contribution in [-0.2, 0) is 0 Å². The van der Waals surface area contributed by atoms with Gasteiger partial charge in [-0.3, -0.25) is 0 Å². The van der Waals surface area contributed by atoms with Crippen LogP contribution < -0.4 is 0 Å². The molecule has 2 rings (SSSR count). The Morgan fingerprint density at radius 2 is 1.89 bits per heavy atom. The maximum Gasteiger partial charge on any atom is 0.335 e. The van der Waals surface area contributed by atoms with E-state index in [0.717, 1.165) is 10.0 Å². The number of carboxylic acid groups (broad SMARTS) is 1. The second-order valence-electron chi connectivity index (χ2n) is 3.96. The average molecular weight is 309 g/mol. The number of rotatable bonds is 2. The van der Waals surface area contributed by atoms with Crippen LogP contribution in [0.3, 0.4) is 0 Å². The number of carboxylic acids is 1. The molecule has 2 nitrogen and oxygen atoms in total. The molecular weight excluding hydrogens is 299 g/mol. The van der Waals surface area contributed by atoms with E-state index in [1.807, 2.05) is 0 Å². The Labute approximate surface area is 112 Å². The van der Waals surface area contributed by atoms with Crippen molar-refractivity contribution in [1.82, 2.24) is 0 Å². The number of halogens is 2. The largest absolute Gasteiger partial charge is 0.478 e. The van der Waals surface area contributed by atoms with Gasteiger partial charge in [-0.1, -0.05) is 22.0 Å². The Bertz CT molecular complexity index is 623. The summed E-state index contributed by atoms with van der Waals surface area (Å²) < 4.78 is 14.5. The van der Waals surface area contributed by atoms with E-state index in [1.165, 1.54) is 18.2 Å². The molecule has 0 fully saturated rings. The molecular formula is C14H10BrFO2. The molecule has 18 heavy (non-hydrogen) atoms. The smallest absolute Gasteiger partial charge is 0.335 e. The van der Waals surface area contributed by atoms with Gasteiger partial charge >= 0.3 is 5.97 Å². The molecule has 0 unspecified atom stereocenters. The van der Waals surface area contributed by atoms with Gasteiger partial charge in [-0.05, 0) is 48.4 Å². The summed E-state index contributed by atoms with van der Waals surface area (Å²) in [4.78, 5) is 10.8. The molecule has 0 saturated carbocycles. The van der Waals surface area contributed by atoms with Crippen LogP contribution in [0.2, 0.25) is 0 Å². The molecule has 0 heterocycles. The van der Waals surface area contributed by atoms with Crippen LogP contribution in [0.4, 0.5) is 4.39 Å². The maximum absolute atomic E-state index is 13.8. The summed E-state index contributed by atoms with van der Waals surface area (Å²) in [5.41, 5.74) is 2.08. The molecule has 0 radical (unpaired) electrons. The van der Waals surface area contributed by atoms with Crippen molar-refractivity contribution in [2.45, 2.75) is 6.92 Å². The fraction of sp³-hybridized carbons (Fsp3) is 0.0714. The van der Waals surface area contributed by atoms with Gasteiger partial charge in [-0.25, -0.2) is 9.18 Å². The first kappa shape index (κ1) is 12.8. The minimum atomic E-state index is -0.987. The van der Waals surface area contributed by atoms with Crippen molar-refractivity contribution < 1.29 is 14.3 Å². The predicted octanol–water partition coefficient (Wildman–Crippen LogP) is 4.26. The number of aromatic carboxylic acids is 1. The summed E-state index contributed by atoms with van der Waals surface area (Å²) in [5, 5.41) is 8.89. The molecule has 0 aliphatic carbocycles. The van der Waals surface area contributed by atoms with Gasteiger partial charge in [0.25, 0.3) is 0 Å². The van der Waals surface area contributed by atoms with Gasteiger partial charge in [0.1, 0.15) is 5.82 Å². The van der Waals surface area contributed by atoms with Crippen molar-refractivity contribution in [3.8, 4) is 11.1 Å². The number of hydrogen-bond acceptors (Lipinski definition) is 1. The Balaban J connectivity index is 2.58. The minimum absolute atomic E-state index is 0.201. The molecule has 0 saturated heterocycles. The molecule has 0 aliphatic rings. The average Bonchev–Trinajstić information content (AvgIpc) is 2.32. The molecule has 0 aliphatic heterocycles. The molecule has 92 valence electrons. The zero-order chi connectivity index (χ0) is 13.3. The van der Waals surface area contributed by atoms with Gasteiger partial charge < -0.3 is 5.11 Å². The first-order valence-corrected chi connectivity index (χ1v) is 6.07. The predicted molar refractivity (Wildman–Crippen MR) is 71.2 cm³/mol. The minimum Gasteiger partial charge on any atom is -0.478 e. The zero-order valence-electron chi connectivity index (χ0n) is 9.58. The SMILES string of the molecule is Cc1cc(C(=O)O)ccc1-c1cc(Br)ccc1F. The topological polar surface area (TPSA) is 37.3 Å². The first-order chi connectivity index (χ1) is 8.49. The van der Waals surface area contributed by atoms with E-state index in [9.17, 15) is 9.18 Å². The summed E-state index contributed by atoms with van der Waals surface area (Å²) in [5.74, 6) is -1.32. The molecule has 0 bridgehead atoms. The van der Waals surface area contributed by atoms with Crippen LogP contribution in [0.25, 0.3) is 11.1 Å². The van der Waals surface area contributed by atoms with Crippen LogP contribution >= 0.6 is 15.9 Å². The lowest BCUT2D eigenvalue weighted by Gasteiger charge is -2.08. The van der Waals surface area contributed by atoms with Crippen molar-refractivity contribution in [3.63, 3.8) is 0 Å². The van der Waals surface area contributed by atoms with Crippen LogP contribution in [0.15, 0.2) is 40.9 Å². The lowest BCUT2D eigenvalue weighted by atomic mass is 9.98. The molecule has 1 N–H and O–H groups in total. The molecule has 4 heteroatoms. The van der Waals surface area contributed by atoms with E-state index in [-0.39, 0.29) is 11.4 Å². The van der Waals surface area contributed by atoms with E-state index in [2.05, 4.69) is 15.9 Å². The van der Waals surface area contributed by atoms with Gasteiger partial charge in [0, 0.05) is 10.0 Å². The third-order valence-electron chi connectivity index (χ3n) is 2.69. The van der Waals surface area contributed by atoms with Crippen molar-refractivity contribution >= 4 is 21.9 Å². The van der Waals surface area contributed by atoms with Crippen molar-refractivity contribution in [2.24, 2.45) is 0 Å². The highest BCUT2D eigenvalue weighted by Gasteiger charge is 2.11. The zero-order valence-corrected chi connectivity index (χ0v) is 11.2. The number of benzene rings is 2. The van der Waals surface area contributed by atoms with E-state index >= 15 is 0 Å². The molecule has 0 spiro atoms. The van der Waals surface area contributed by atoms with Crippen LogP contribution in [0.5, 0.6) is 0 Å². The third kappa shape index (κ3) is 2.43. The lowest BCUT2D eigenvalue weighted by molar-refractivity contribution is 0.0697. The van der Waals surface area contributed by atoms with Crippen molar-refractivity contribution in [3.05, 3.63) is 57.8 Å². The summed E-state index contributed by atoms with van der Waals surface area (Å²) >= 11 is 3.30. The molecule has 0 aromatic heterocycles. The van der Waals surface area contributed by atoms with Gasteiger partial charge in [0.05, 0.1) is 5.56 Å². The molecule has 2 aromatic rings. The van der Waals surface area contributed by atoms with Crippen molar-refractivity contribution in [2.75, 3.05) is 0 Å². The summed E-state index contributed by atoms with van der Waals surface area (Å²) in [7, 11) is 0. The monoisotopic (exact) mass is 308 g/mol. The summed E-state index contributed by atoms with van der Waals surface area (Å²) in [6.07, 6.45) is 0. The summed E-state index contributed by atoms with van der Waals surface area (Å²) in [6.45, 7) is 1.77. The molecule has 0 amide bonds. The van der Waals surface area contributed by atoms with E-state index < -0.39 is 5.97 Å². The van der Waals surface area contributed by atoms with E-state index in [4.69, 9.17) is 5.11 Å². The van der Waals surface area contributed by atoms with Gasteiger partial charge in [-0.2, -0.15) is 0 Å². The molecule has 2 aromatic carbocycles. The standard InChI is InChI=1S/C14H10BrFO2/c1-8-6-9(14(17)18)2-4-11(8)12-7-10(15)3-5-13(12)16/h2-7H,1H3,(H,17,18). The highest BCUT2D eigenvalue weighted by molar-refractivity contribution is 9.10. The third-order valence-corrected chi connectivity index (χ3v) is 3.19. The summed E-state index contributed by atoms with van der Waals surface area (Å²) in [6, 6.07) is 9.33. The maximum atomic E-state index is 13.8. The van der Waals surface area contributed by atoms with Crippen LogP contribution in [0.1, 0.15) is 15.9 Å². The molecule has 0 atom stereocenters. The quantitative estimate of drug-likeness (QED) is 0.900. The fourth-order valence-electron chi connectivity index (χ4n) is 1.80. The first-order valence-electron chi connectivity index (χ1n) is 5.28. The Morgan fingerprint density at radius 1 is 1.17 bits per heavy atom. The van der Waals surface area contributed by atoms with E-state index in [0.29, 0.717) is 11.1 Å². The Morgan fingerprint density at radius 3 is 2.50 bits per heavy atom. The van der Waals surface area contributed by atoms with Crippen molar-refractivity contribution in [1.29, 1.82) is 0 Å². The number of aryl methyl sites for hydroxylation is 1. The Kier molecular flexibility index (Phi) is 3.48. The van der Waals surface area contributed by atoms with Gasteiger partial charge in [0.2, 0.25) is 0 Å². The lowest BCUT2D eigenvalue weighted by Crippen LogP contribution is -1.97. The number of carbonyl (C=O) groups is 1. The fourth-order valence-corrected chi connectivity index (χ4v) is 2.16. The second kappa shape index (κ2) is 4.90. The highest BCUT2D eigenvalue weighted by Crippen LogP contribution is 2.29.